The smallest absolute Gasteiger partial charge is 0.154 e. The Morgan fingerprint density at radius 3 is 2.86 bits per heavy atom. The van der Waals surface area contributed by atoms with Gasteiger partial charge in [-0.2, -0.15) is 0 Å². The second-order valence-electron chi connectivity index (χ2n) is 6.19. The number of carbonyl (C=O) groups is 1. The molecule has 0 amide bonds. The molecule has 122 valence electrons. The first kappa shape index (κ1) is 17.1. The first-order valence-corrected chi connectivity index (χ1v) is 8.27. The highest BCUT2D eigenvalue weighted by Crippen LogP contribution is 2.32. The second-order valence-corrected chi connectivity index (χ2v) is 6.19. The number of nitrogens with one attached hydrogen (secondary N) is 1. The number of hydrogen-bond acceptors (Lipinski definition) is 3. The lowest BCUT2D eigenvalue weighted by molar-refractivity contribution is -0.137. The van der Waals surface area contributed by atoms with Crippen LogP contribution in [0.25, 0.3) is 0 Å². The average Bonchev–Trinajstić information content (AvgIpc) is 2.55. The molecule has 1 N–H and O–H groups in total. The molecule has 22 heavy (non-hydrogen) atoms. The zero-order chi connectivity index (χ0) is 16.2. The van der Waals surface area contributed by atoms with Crippen LogP contribution < -0.4 is 5.43 Å². The fourth-order valence-electron chi connectivity index (χ4n) is 3.60. The lowest BCUT2D eigenvalue weighted by atomic mass is 9.80. The monoisotopic (exact) mass is 306 g/mol. The van der Waals surface area contributed by atoms with Crippen molar-refractivity contribution < 1.29 is 9.18 Å². The first-order chi connectivity index (χ1) is 10.5. The number of piperidine rings is 1. The molecule has 0 spiro atoms. The van der Waals surface area contributed by atoms with E-state index in [4.69, 9.17) is 0 Å². The Bertz CT molecular complexity index is 532. The van der Waals surface area contributed by atoms with Gasteiger partial charge in [0, 0.05) is 13.0 Å². The number of benzene rings is 1. The maximum absolute atomic E-state index is 14.1. The van der Waals surface area contributed by atoms with Gasteiger partial charge in [-0.3, -0.25) is 10.2 Å². The Hall–Kier alpha value is -1.26. The van der Waals surface area contributed by atoms with Crippen LogP contribution in [0.5, 0.6) is 0 Å². The Morgan fingerprint density at radius 2 is 2.18 bits per heavy atom. The van der Waals surface area contributed by atoms with Crippen LogP contribution in [0, 0.1) is 12.7 Å². The Balaban J connectivity index is 2.11. The van der Waals surface area contributed by atoms with Crippen molar-refractivity contribution in [1.29, 1.82) is 0 Å². The van der Waals surface area contributed by atoms with Crippen LogP contribution in [-0.2, 0) is 11.2 Å². The van der Waals surface area contributed by atoms with Crippen LogP contribution in [0.15, 0.2) is 18.2 Å². The minimum absolute atomic E-state index is 0.171. The number of halogens is 1. The van der Waals surface area contributed by atoms with Crippen LogP contribution in [0.3, 0.4) is 0 Å². The molecule has 3 nitrogen and oxygen atoms in total. The number of carbonyl (C=O) groups excluding carboxylic acids is 1. The summed E-state index contributed by atoms with van der Waals surface area (Å²) in [6.45, 7) is 4.73. The lowest BCUT2D eigenvalue weighted by Gasteiger charge is -2.45. The van der Waals surface area contributed by atoms with E-state index in [-0.39, 0.29) is 11.6 Å². The zero-order valence-corrected chi connectivity index (χ0v) is 13.9. The van der Waals surface area contributed by atoms with E-state index in [0.717, 1.165) is 32.2 Å². The van der Waals surface area contributed by atoms with E-state index in [9.17, 15) is 9.18 Å². The summed E-state index contributed by atoms with van der Waals surface area (Å²) in [6.07, 6.45) is 4.75. The first-order valence-electron chi connectivity index (χ1n) is 8.27. The molecule has 2 rings (SSSR count). The number of Topliss-reactive ketones (excluding diaryl/α,β-unsaturated/α-hetero) is 1. The molecule has 0 saturated carbocycles. The van der Waals surface area contributed by atoms with Crippen LogP contribution in [0.4, 0.5) is 4.39 Å². The Labute approximate surface area is 132 Å². The zero-order valence-electron chi connectivity index (χ0n) is 13.9. The predicted octanol–water partition coefficient (Wildman–Crippen LogP) is 3.40. The number of nitrogens with zero attached hydrogens (tertiary/aromatic N) is 1. The quantitative estimate of drug-likeness (QED) is 0.874. The Kier molecular flexibility index (Phi) is 5.70. The maximum atomic E-state index is 14.1. The minimum Gasteiger partial charge on any atom is -0.298 e. The van der Waals surface area contributed by atoms with Gasteiger partial charge < -0.3 is 0 Å². The van der Waals surface area contributed by atoms with Crippen LogP contribution in [0.1, 0.15) is 50.2 Å². The molecule has 1 aliphatic heterocycles. The summed E-state index contributed by atoms with van der Waals surface area (Å²) in [5.74, 6) is 0.0555. The molecule has 1 aromatic carbocycles. The molecule has 1 atom stereocenters. The SMILES string of the molecule is CCC1(C(=O)CCc2cccc(C)c2F)CCCCN1NC. The van der Waals surface area contributed by atoms with Gasteiger partial charge in [0.15, 0.2) is 5.78 Å². The molecular weight excluding hydrogens is 279 g/mol. The summed E-state index contributed by atoms with van der Waals surface area (Å²) >= 11 is 0. The topological polar surface area (TPSA) is 32.3 Å². The lowest BCUT2D eigenvalue weighted by Crippen LogP contribution is -2.61. The van der Waals surface area contributed by atoms with Gasteiger partial charge in [-0.1, -0.05) is 25.1 Å². The molecule has 0 bridgehead atoms. The number of ketones is 1. The molecule has 0 aromatic heterocycles. The van der Waals surface area contributed by atoms with Crippen molar-refractivity contribution in [3.8, 4) is 0 Å². The van der Waals surface area contributed by atoms with E-state index in [2.05, 4.69) is 17.4 Å². The molecule has 1 aliphatic rings. The summed E-state index contributed by atoms with van der Waals surface area (Å²) in [7, 11) is 1.88. The summed E-state index contributed by atoms with van der Waals surface area (Å²) in [5, 5.41) is 2.09. The third kappa shape index (κ3) is 3.23. The van der Waals surface area contributed by atoms with E-state index >= 15 is 0 Å². The molecular formula is C18H27FN2O. The van der Waals surface area contributed by atoms with Gasteiger partial charge in [0.2, 0.25) is 0 Å². The van der Waals surface area contributed by atoms with Gasteiger partial charge in [0.1, 0.15) is 5.82 Å². The van der Waals surface area contributed by atoms with Crippen LogP contribution in [-0.4, -0.2) is 29.9 Å². The van der Waals surface area contributed by atoms with Crippen LogP contribution in [0.2, 0.25) is 0 Å². The molecule has 1 aromatic rings. The van der Waals surface area contributed by atoms with Crippen molar-refractivity contribution in [3.63, 3.8) is 0 Å². The third-order valence-electron chi connectivity index (χ3n) is 5.01. The number of hydrazine groups is 1. The fourth-order valence-corrected chi connectivity index (χ4v) is 3.60. The van der Waals surface area contributed by atoms with Gasteiger partial charge in [-0.05, 0) is 57.2 Å². The molecule has 4 heteroatoms. The van der Waals surface area contributed by atoms with Gasteiger partial charge >= 0.3 is 0 Å². The highest BCUT2D eigenvalue weighted by molar-refractivity contribution is 5.88. The molecule has 1 fully saturated rings. The van der Waals surface area contributed by atoms with E-state index < -0.39 is 5.54 Å². The molecule has 1 saturated heterocycles. The maximum Gasteiger partial charge on any atom is 0.154 e. The fraction of sp³-hybridized carbons (Fsp3) is 0.611. The standard InChI is InChI=1S/C18H27FN2O/c1-4-18(12-5-6-13-21(18)20-3)16(22)11-10-15-9-7-8-14(2)17(15)19/h7-9,20H,4-6,10-13H2,1-3H3. The summed E-state index contributed by atoms with van der Waals surface area (Å²) < 4.78 is 14.1. The summed E-state index contributed by atoms with van der Waals surface area (Å²) in [5.41, 5.74) is 4.05. The second kappa shape index (κ2) is 7.34. The average molecular weight is 306 g/mol. The minimum atomic E-state index is -0.423. The van der Waals surface area contributed by atoms with Crippen LogP contribution >= 0.6 is 0 Å². The van der Waals surface area contributed by atoms with Gasteiger partial charge in [-0.25, -0.2) is 9.40 Å². The van der Waals surface area contributed by atoms with Gasteiger partial charge in [-0.15, -0.1) is 0 Å². The number of hydrogen-bond donors (Lipinski definition) is 1. The molecule has 1 heterocycles. The Morgan fingerprint density at radius 1 is 1.41 bits per heavy atom. The third-order valence-corrected chi connectivity index (χ3v) is 5.01. The number of aryl methyl sites for hydroxylation is 2. The van der Waals surface area contributed by atoms with E-state index in [0.29, 0.717) is 24.0 Å². The summed E-state index contributed by atoms with van der Waals surface area (Å²) in [4.78, 5) is 12.9. The van der Waals surface area contributed by atoms with Crippen molar-refractivity contribution in [1.82, 2.24) is 10.4 Å². The largest absolute Gasteiger partial charge is 0.298 e. The summed E-state index contributed by atoms with van der Waals surface area (Å²) in [6, 6.07) is 5.40. The normalized spacial score (nSPS) is 22.7. The van der Waals surface area contributed by atoms with Crippen molar-refractivity contribution in [2.24, 2.45) is 0 Å². The van der Waals surface area contributed by atoms with Crippen molar-refractivity contribution in [2.45, 2.75) is 57.9 Å². The highest BCUT2D eigenvalue weighted by Gasteiger charge is 2.42. The van der Waals surface area contributed by atoms with Gasteiger partial charge in [0.25, 0.3) is 0 Å². The van der Waals surface area contributed by atoms with E-state index in [1.807, 2.05) is 13.1 Å². The number of rotatable bonds is 6. The van der Waals surface area contributed by atoms with Gasteiger partial charge in [0.05, 0.1) is 5.54 Å². The van der Waals surface area contributed by atoms with E-state index in [1.165, 1.54) is 0 Å². The molecule has 0 aliphatic carbocycles. The van der Waals surface area contributed by atoms with Crippen molar-refractivity contribution in [3.05, 3.63) is 35.1 Å². The van der Waals surface area contributed by atoms with E-state index in [1.54, 1.807) is 19.1 Å². The molecule has 1 unspecified atom stereocenters. The van der Waals surface area contributed by atoms with Crippen molar-refractivity contribution >= 4 is 5.78 Å². The van der Waals surface area contributed by atoms with Crippen molar-refractivity contribution in [2.75, 3.05) is 13.6 Å². The molecule has 0 radical (unpaired) electrons. The highest BCUT2D eigenvalue weighted by atomic mass is 19.1. The predicted molar refractivity (Wildman–Crippen MR) is 87.1 cm³/mol.